The van der Waals surface area contributed by atoms with Gasteiger partial charge in [-0.1, -0.05) is 13.8 Å². The Hall–Kier alpha value is -1.21. The van der Waals surface area contributed by atoms with E-state index in [4.69, 9.17) is 0 Å². The Morgan fingerprint density at radius 1 is 1.26 bits per heavy atom. The fourth-order valence-corrected chi connectivity index (χ4v) is 3.26. The van der Waals surface area contributed by atoms with Crippen molar-refractivity contribution < 1.29 is 8.42 Å². The Bertz CT molecular complexity index is 485. The predicted octanol–water partition coefficient (Wildman–Crippen LogP) is 1.72. The zero-order valence-corrected chi connectivity index (χ0v) is 12.7. The second-order valence-corrected chi connectivity index (χ2v) is 6.36. The van der Waals surface area contributed by atoms with Gasteiger partial charge < -0.3 is 5.32 Å². The molecule has 7 heteroatoms. The van der Waals surface area contributed by atoms with E-state index in [1.807, 2.05) is 27.7 Å². The molecule has 0 unspecified atom stereocenters. The number of anilines is 1. The molecule has 0 aliphatic heterocycles. The summed E-state index contributed by atoms with van der Waals surface area (Å²) < 4.78 is 26.1. The smallest absolute Gasteiger partial charge is 0.246 e. The average molecular weight is 286 g/mol. The second-order valence-electron chi connectivity index (χ2n) is 4.47. The maximum atomic E-state index is 12.4. The Balaban J connectivity index is 2.96. The third kappa shape index (κ3) is 3.87. The quantitative estimate of drug-likeness (QED) is 0.826. The highest BCUT2D eigenvalue weighted by Gasteiger charge is 2.26. The van der Waals surface area contributed by atoms with Gasteiger partial charge in [0.05, 0.1) is 12.4 Å². The van der Waals surface area contributed by atoms with Crippen molar-refractivity contribution in [2.45, 2.75) is 45.1 Å². The molecule has 0 aliphatic rings. The van der Waals surface area contributed by atoms with Gasteiger partial charge in [0.2, 0.25) is 16.0 Å². The molecule has 1 N–H and O–H groups in total. The van der Waals surface area contributed by atoms with Crippen LogP contribution in [-0.4, -0.2) is 41.8 Å². The number of aromatic nitrogens is 2. The van der Waals surface area contributed by atoms with Crippen LogP contribution < -0.4 is 5.32 Å². The van der Waals surface area contributed by atoms with E-state index in [0.717, 1.165) is 13.0 Å². The minimum absolute atomic E-state index is 0.0899. The first-order chi connectivity index (χ1) is 8.93. The average Bonchev–Trinajstić information content (AvgIpc) is 2.36. The van der Waals surface area contributed by atoms with Gasteiger partial charge in [-0.15, -0.1) is 0 Å². The fourth-order valence-electron chi connectivity index (χ4n) is 1.73. The van der Waals surface area contributed by atoms with E-state index in [1.54, 1.807) is 0 Å². The van der Waals surface area contributed by atoms with Crippen LogP contribution in [0.1, 0.15) is 34.1 Å². The molecular weight excluding hydrogens is 264 g/mol. The molecule has 0 aromatic carbocycles. The van der Waals surface area contributed by atoms with E-state index in [1.165, 1.54) is 16.7 Å². The third-order valence-corrected chi connectivity index (χ3v) is 4.76. The van der Waals surface area contributed by atoms with Crippen LogP contribution in [0, 0.1) is 0 Å². The topological polar surface area (TPSA) is 75.2 Å². The van der Waals surface area contributed by atoms with Gasteiger partial charge >= 0.3 is 0 Å². The summed E-state index contributed by atoms with van der Waals surface area (Å²) >= 11 is 0. The summed E-state index contributed by atoms with van der Waals surface area (Å²) in [7, 11) is -3.51. The minimum Gasteiger partial charge on any atom is -0.354 e. The molecule has 0 amide bonds. The Kier molecular flexibility index (Phi) is 5.68. The van der Waals surface area contributed by atoms with Gasteiger partial charge in [0, 0.05) is 19.1 Å². The van der Waals surface area contributed by atoms with Crippen molar-refractivity contribution in [3.8, 4) is 0 Å². The molecule has 6 nitrogen and oxygen atoms in total. The second kappa shape index (κ2) is 6.81. The van der Waals surface area contributed by atoms with Crippen LogP contribution in [0.25, 0.3) is 0 Å². The lowest BCUT2D eigenvalue weighted by Crippen LogP contribution is -2.36. The normalized spacial score (nSPS) is 12.1. The largest absolute Gasteiger partial charge is 0.354 e. The molecule has 0 radical (unpaired) electrons. The number of nitrogens with one attached hydrogen (secondary N) is 1. The van der Waals surface area contributed by atoms with Gasteiger partial charge in [-0.25, -0.2) is 18.4 Å². The standard InChI is InChI=1S/C12H22N4O2S/c1-5-7-13-12-14-8-11(9-15-12)19(17,18)16(6-2)10(3)4/h8-10H,5-7H2,1-4H3,(H,13,14,15). The van der Waals surface area contributed by atoms with E-state index in [0.29, 0.717) is 12.5 Å². The SMILES string of the molecule is CCCNc1ncc(S(=O)(=O)N(CC)C(C)C)cn1. The highest BCUT2D eigenvalue weighted by atomic mass is 32.2. The van der Waals surface area contributed by atoms with Gasteiger partial charge in [0.15, 0.2) is 0 Å². The minimum atomic E-state index is -3.51. The molecule has 19 heavy (non-hydrogen) atoms. The van der Waals surface area contributed by atoms with Crippen LogP contribution in [0.5, 0.6) is 0 Å². The summed E-state index contributed by atoms with van der Waals surface area (Å²) in [4.78, 5) is 8.19. The van der Waals surface area contributed by atoms with E-state index in [2.05, 4.69) is 15.3 Å². The van der Waals surface area contributed by atoms with E-state index < -0.39 is 10.0 Å². The van der Waals surface area contributed by atoms with Crippen LogP contribution in [0.4, 0.5) is 5.95 Å². The molecule has 108 valence electrons. The molecule has 0 saturated carbocycles. The van der Waals surface area contributed by atoms with Crippen molar-refractivity contribution in [1.29, 1.82) is 0 Å². The van der Waals surface area contributed by atoms with E-state index >= 15 is 0 Å². The van der Waals surface area contributed by atoms with Crippen molar-refractivity contribution in [3.63, 3.8) is 0 Å². The Labute approximate surface area is 115 Å². The highest BCUT2D eigenvalue weighted by molar-refractivity contribution is 7.89. The van der Waals surface area contributed by atoms with E-state index in [9.17, 15) is 8.42 Å². The maximum absolute atomic E-state index is 12.4. The molecule has 1 aromatic rings. The lowest BCUT2D eigenvalue weighted by Gasteiger charge is -2.23. The summed E-state index contributed by atoms with van der Waals surface area (Å²) in [5.74, 6) is 0.452. The molecule has 0 saturated heterocycles. The van der Waals surface area contributed by atoms with E-state index in [-0.39, 0.29) is 10.9 Å². The van der Waals surface area contributed by atoms with Crippen LogP contribution in [-0.2, 0) is 10.0 Å². The van der Waals surface area contributed by atoms with Gasteiger partial charge in [-0.3, -0.25) is 0 Å². The molecule has 0 aliphatic carbocycles. The summed E-state index contributed by atoms with van der Waals surface area (Å²) in [6, 6.07) is -0.0899. The molecule has 1 heterocycles. The first-order valence-electron chi connectivity index (χ1n) is 6.51. The summed E-state index contributed by atoms with van der Waals surface area (Å²) in [6.45, 7) is 8.73. The van der Waals surface area contributed by atoms with Crippen molar-refractivity contribution in [2.24, 2.45) is 0 Å². The van der Waals surface area contributed by atoms with Gasteiger partial charge in [0.25, 0.3) is 0 Å². The monoisotopic (exact) mass is 286 g/mol. The van der Waals surface area contributed by atoms with Gasteiger partial charge in [0.1, 0.15) is 4.90 Å². The lowest BCUT2D eigenvalue weighted by molar-refractivity contribution is 0.369. The molecule has 1 rings (SSSR count). The first-order valence-corrected chi connectivity index (χ1v) is 7.95. The van der Waals surface area contributed by atoms with Gasteiger partial charge in [-0.05, 0) is 20.3 Å². The number of rotatable bonds is 7. The molecule has 1 aromatic heterocycles. The van der Waals surface area contributed by atoms with Crippen molar-refractivity contribution >= 4 is 16.0 Å². The molecular formula is C12H22N4O2S. The molecule has 0 bridgehead atoms. The Morgan fingerprint density at radius 2 is 1.84 bits per heavy atom. The number of hydrogen-bond acceptors (Lipinski definition) is 5. The van der Waals surface area contributed by atoms with Crippen molar-refractivity contribution in [2.75, 3.05) is 18.4 Å². The summed E-state index contributed by atoms with van der Waals surface area (Å²) in [6.07, 6.45) is 3.66. The Morgan fingerprint density at radius 3 is 2.26 bits per heavy atom. The van der Waals surface area contributed by atoms with Crippen LogP contribution in [0.3, 0.4) is 0 Å². The fraction of sp³-hybridized carbons (Fsp3) is 0.667. The summed E-state index contributed by atoms with van der Waals surface area (Å²) in [5, 5.41) is 3.01. The third-order valence-electron chi connectivity index (χ3n) is 2.66. The zero-order chi connectivity index (χ0) is 14.5. The molecule has 0 fully saturated rings. The summed E-state index contributed by atoms with van der Waals surface area (Å²) in [5.41, 5.74) is 0. The zero-order valence-electron chi connectivity index (χ0n) is 11.9. The van der Waals surface area contributed by atoms with Gasteiger partial charge in [-0.2, -0.15) is 4.31 Å². The lowest BCUT2D eigenvalue weighted by atomic mass is 10.4. The highest BCUT2D eigenvalue weighted by Crippen LogP contribution is 2.16. The van der Waals surface area contributed by atoms with Crippen molar-refractivity contribution in [1.82, 2.24) is 14.3 Å². The number of sulfonamides is 1. The first kappa shape index (κ1) is 15.8. The molecule has 0 spiro atoms. The predicted molar refractivity (Wildman–Crippen MR) is 75.5 cm³/mol. The number of nitrogens with zero attached hydrogens (tertiary/aromatic N) is 3. The van der Waals surface area contributed by atoms with Crippen LogP contribution in [0.2, 0.25) is 0 Å². The maximum Gasteiger partial charge on any atom is 0.246 e. The number of hydrogen-bond donors (Lipinski definition) is 1. The van der Waals surface area contributed by atoms with Crippen LogP contribution in [0.15, 0.2) is 17.3 Å². The molecule has 0 atom stereocenters. The van der Waals surface area contributed by atoms with Crippen LogP contribution >= 0.6 is 0 Å². The van der Waals surface area contributed by atoms with Crippen molar-refractivity contribution in [3.05, 3.63) is 12.4 Å².